The predicted octanol–water partition coefficient (Wildman–Crippen LogP) is 2.12. The van der Waals surface area contributed by atoms with Gasteiger partial charge in [-0.25, -0.2) is 8.78 Å². The van der Waals surface area contributed by atoms with Crippen LogP contribution in [0.2, 0.25) is 0 Å². The molecular formula is C11H16F2N2O. The van der Waals surface area contributed by atoms with Crippen LogP contribution in [0.4, 0.5) is 20.2 Å². The van der Waals surface area contributed by atoms with E-state index in [-0.39, 0.29) is 24.0 Å². The van der Waals surface area contributed by atoms with Gasteiger partial charge in [-0.1, -0.05) is 6.92 Å². The molecule has 1 aromatic rings. The molecule has 1 rings (SSSR count). The van der Waals surface area contributed by atoms with Crippen LogP contribution in [0.5, 0.6) is 0 Å². The van der Waals surface area contributed by atoms with Crippen LogP contribution >= 0.6 is 0 Å². The molecule has 0 aromatic heterocycles. The molecule has 1 unspecified atom stereocenters. The lowest BCUT2D eigenvalue weighted by Crippen LogP contribution is -2.21. The lowest BCUT2D eigenvalue weighted by Gasteiger charge is -2.19. The van der Waals surface area contributed by atoms with Gasteiger partial charge < -0.3 is 16.2 Å². The minimum absolute atomic E-state index is 0.0116. The third-order valence-corrected chi connectivity index (χ3v) is 2.45. The fourth-order valence-corrected chi connectivity index (χ4v) is 1.45. The second-order valence-electron chi connectivity index (χ2n) is 3.59. The van der Waals surface area contributed by atoms with Crippen molar-refractivity contribution in [1.82, 2.24) is 0 Å². The molecular weight excluding hydrogens is 214 g/mol. The molecule has 0 fully saturated rings. The first-order valence-corrected chi connectivity index (χ1v) is 5.21. The molecule has 0 aliphatic rings. The number of hydrogen-bond acceptors (Lipinski definition) is 3. The van der Waals surface area contributed by atoms with Crippen molar-refractivity contribution in [2.24, 2.45) is 0 Å². The normalized spacial score (nSPS) is 12.5. The van der Waals surface area contributed by atoms with Crippen molar-refractivity contribution in [3.05, 3.63) is 23.8 Å². The van der Waals surface area contributed by atoms with Crippen molar-refractivity contribution < 1.29 is 13.9 Å². The van der Waals surface area contributed by atoms with Crippen molar-refractivity contribution in [3.8, 4) is 0 Å². The van der Waals surface area contributed by atoms with E-state index in [1.54, 1.807) is 0 Å². The molecule has 0 aliphatic heterocycles. The average Bonchev–Trinajstić information content (AvgIpc) is 2.28. The number of aliphatic hydroxyl groups excluding tert-OH is 1. The van der Waals surface area contributed by atoms with Crippen molar-refractivity contribution in [3.63, 3.8) is 0 Å². The van der Waals surface area contributed by atoms with Gasteiger partial charge in [0.05, 0.1) is 11.4 Å². The van der Waals surface area contributed by atoms with Crippen LogP contribution in [0.3, 0.4) is 0 Å². The molecule has 3 nitrogen and oxygen atoms in total. The summed E-state index contributed by atoms with van der Waals surface area (Å²) < 4.78 is 26.4. The van der Waals surface area contributed by atoms with E-state index >= 15 is 0 Å². The van der Waals surface area contributed by atoms with Crippen LogP contribution in [-0.4, -0.2) is 17.8 Å². The minimum atomic E-state index is -0.976. The molecule has 1 aromatic carbocycles. The lowest BCUT2D eigenvalue weighted by molar-refractivity contribution is 0.278. The molecule has 5 heteroatoms. The second kappa shape index (κ2) is 5.65. The van der Waals surface area contributed by atoms with E-state index in [0.717, 1.165) is 6.07 Å². The molecule has 0 amide bonds. The highest BCUT2D eigenvalue weighted by molar-refractivity contribution is 5.67. The maximum Gasteiger partial charge on any atom is 0.183 e. The van der Waals surface area contributed by atoms with Gasteiger partial charge in [0.25, 0.3) is 0 Å². The number of nitrogens with one attached hydrogen (secondary N) is 1. The molecule has 1 atom stereocenters. The van der Waals surface area contributed by atoms with Crippen LogP contribution in [0, 0.1) is 11.6 Å². The van der Waals surface area contributed by atoms with Gasteiger partial charge in [-0.3, -0.25) is 0 Å². The fraction of sp³-hybridized carbons (Fsp3) is 0.455. The summed E-state index contributed by atoms with van der Waals surface area (Å²) in [5, 5.41) is 11.6. The molecule has 0 aliphatic carbocycles. The number of rotatable bonds is 5. The summed E-state index contributed by atoms with van der Waals surface area (Å²) >= 11 is 0. The molecule has 0 saturated carbocycles. The number of anilines is 2. The number of nitrogen functional groups attached to an aromatic ring is 1. The van der Waals surface area contributed by atoms with Gasteiger partial charge in [-0.15, -0.1) is 0 Å². The highest BCUT2D eigenvalue weighted by atomic mass is 19.2. The summed E-state index contributed by atoms with van der Waals surface area (Å²) in [5.41, 5.74) is 5.69. The predicted molar refractivity (Wildman–Crippen MR) is 60.2 cm³/mol. The maximum absolute atomic E-state index is 13.4. The van der Waals surface area contributed by atoms with E-state index < -0.39 is 11.6 Å². The van der Waals surface area contributed by atoms with E-state index in [4.69, 9.17) is 10.8 Å². The molecule has 0 bridgehead atoms. The number of nitrogens with two attached hydrogens (primary N) is 1. The van der Waals surface area contributed by atoms with Crippen molar-refractivity contribution in [1.29, 1.82) is 0 Å². The van der Waals surface area contributed by atoms with Crippen molar-refractivity contribution in [2.45, 2.75) is 25.8 Å². The molecule has 0 saturated heterocycles. The van der Waals surface area contributed by atoms with Gasteiger partial charge in [0.15, 0.2) is 11.6 Å². The first kappa shape index (κ1) is 12.7. The van der Waals surface area contributed by atoms with Gasteiger partial charge in [-0.2, -0.15) is 0 Å². The SMILES string of the molecule is CCC(CCO)Nc1c(N)ccc(F)c1F. The summed E-state index contributed by atoms with van der Waals surface area (Å²) in [6.07, 6.45) is 1.15. The van der Waals surface area contributed by atoms with Gasteiger partial charge in [0.1, 0.15) is 0 Å². The van der Waals surface area contributed by atoms with Crippen LogP contribution in [0.1, 0.15) is 19.8 Å². The quantitative estimate of drug-likeness (QED) is 0.679. The maximum atomic E-state index is 13.4. The number of benzene rings is 1. The zero-order valence-electron chi connectivity index (χ0n) is 9.13. The van der Waals surface area contributed by atoms with E-state index in [9.17, 15) is 8.78 Å². The van der Waals surface area contributed by atoms with E-state index in [1.165, 1.54) is 6.07 Å². The Morgan fingerprint density at radius 1 is 1.44 bits per heavy atom. The van der Waals surface area contributed by atoms with E-state index in [1.807, 2.05) is 6.92 Å². The first-order valence-electron chi connectivity index (χ1n) is 5.21. The topological polar surface area (TPSA) is 58.3 Å². The third kappa shape index (κ3) is 2.82. The molecule has 4 N–H and O–H groups in total. The smallest absolute Gasteiger partial charge is 0.183 e. The first-order chi connectivity index (χ1) is 7.60. The fourth-order valence-electron chi connectivity index (χ4n) is 1.45. The Hall–Kier alpha value is -1.36. The molecule has 0 heterocycles. The highest BCUT2D eigenvalue weighted by Crippen LogP contribution is 2.26. The number of aliphatic hydroxyl groups is 1. The molecule has 0 radical (unpaired) electrons. The van der Waals surface area contributed by atoms with E-state index in [2.05, 4.69) is 5.32 Å². The molecule has 0 spiro atoms. The Bertz CT molecular complexity index is 358. The summed E-state index contributed by atoms with van der Waals surface area (Å²) in [6, 6.07) is 2.18. The average molecular weight is 230 g/mol. The zero-order valence-corrected chi connectivity index (χ0v) is 9.13. The Kier molecular flexibility index (Phi) is 4.49. The monoisotopic (exact) mass is 230 g/mol. The van der Waals surface area contributed by atoms with Crippen LogP contribution in [0.25, 0.3) is 0 Å². The van der Waals surface area contributed by atoms with Gasteiger partial charge in [-0.05, 0) is 25.0 Å². The Morgan fingerprint density at radius 3 is 2.69 bits per heavy atom. The van der Waals surface area contributed by atoms with Crippen LogP contribution < -0.4 is 11.1 Å². The third-order valence-electron chi connectivity index (χ3n) is 2.45. The van der Waals surface area contributed by atoms with Crippen LogP contribution in [-0.2, 0) is 0 Å². The zero-order chi connectivity index (χ0) is 12.1. The summed E-state index contributed by atoms with van der Waals surface area (Å²) in [7, 11) is 0. The largest absolute Gasteiger partial charge is 0.397 e. The summed E-state index contributed by atoms with van der Waals surface area (Å²) in [5.74, 6) is -1.91. The van der Waals surface area contributed by atoms with Gasteiger partial charge in [0, 0.05) is 12.6 Å². The lowest BCUT2D eigenvalue weighted by atomic mass is 10.1. The van der Waals surface area contributed by atoms with Gasteiger partial charge >= 0.3 is 0 Å². The molecule has 90 valence electrons. The molecule has 16 heavy (non-hydrogen) atoms. The van der Waals surface area contributed by atoms with Crippen molar-refractivity contribution >= 4 is 11.4 Å². The van der Waals surface area contributed by atoms with Crippen LogP contribution in [0.15, 0.2) is 12.1 Å². The van der Waals surface area contributed by atoms with Gasteiger partial charge in [0.2, 0.25) is 0 Å². The Labute approximate surface area is 93.3 Å². The highest BCUT2D eigenvalue weighted by Gasteiger charge is 2.14. The Morgan fingerprint density at radius 2 is 2.12 bits per heavy atom. The minimum Gasteiger partial charge on any atom is -0.397 e. The van der Waals surface area contributed by atoms with E-state index in [0.29, 0.717) is 12.8 Å². The standard InChI is InChI=1S/C11H16F2N2O/c1-2-7(5-6-16)15-11-9(14)4-3-8(12)10(11)13/h3-4,7,15-16H,2,5-6,14H2,1H3. The van der Waals surface area contributed by atoms with Crippen molar-refractivity contribution in [2.75, 3.05) is 17.7 Å². The summed E-state index contributed by atoms with van der Waals surface area (Å²) in [6.45, 7) is 1.88. The summed E-state index contributed by atoms with van der Waals surface area (Å²) in [4.78, 5) is 0. The Balaban J connectivity index is 2.90. The second-order valence-corrected chi connectivity index (χ2v) is 3.59. The number of hydrogen-bond donors (Lipinski definition) is 3. The number of halogens is 2.